The summed E-state index contributed by atoms with van der Waals surface area (Å²) >= 11 is 0. The Morgan fingerprint density at radius 1 is 1.14 bits per heavy atom. The molecule has 0 saturated heterocycles. The molecule has 1 unspecified atom stereocenters. The van der Waals surface area contributed by atoms with Crippen molar-refractivity contribution in [3.63, 3.8) is 0 Å². The highest BCUT2D eigenvalue weighted by molar-refractivity contribution is 6.05. The van der Waals surface area contributed by atoms with Gasteiger partial charge in [0.1, 0.15) is 5.75 Å². The van der Waals surface area contributed by atoms with E-state index in [1.165, 1.54) is 6.20 Å². The fourth-order valence-electron chi connectivity index (χ4n) is 3.30. The van der Waals surface area contributed by atoms with Crippen molar-refractivity contribution in [2.45, 2.75) is 19.4 Å². The molecular formula is C23H21N3O3. The Labute approximate surface area is 169 Å². The molecule has 29 heavy (non-hydrogen) atoms. The molecule has 2 amide bonds. The standard InChI is InChI=1S/C23H21N3O3/c1-16-23(28)26(13-11-17-6-3-2-4-7-17)20-14-19(9-10-21(20)29-16)25-22(27)18-8-5-12-24-15-18/h2-10,12,14-16H,11,13H2,1H3,(H,25,27). The van der Waals surface area contributed by atoms with Gasteiger partial charge in [0.15, 0.2) is 6.10 Å². The van der Waals surface area contributed by atoms with E-state index in [2.05, 4.69) is 10.3 Å². The molecule has 6 heteroatoms. The highest BCUT2D eigenvalue weighted by atomic mass is 16.5. The lowest BCUT2D eigenvalue weighted by Crippen LogP contribution is -2.45. The summed E-state index contributed by atoms with van der Waals surface area (Å²) in [5.74, 6) is 0.277. The van der Waals surface area contributed by atoms with Gasteiger partial charge in [-0.1, -0.05) is 30.3 Å². The van der Waals surface area contributed by atoms with E-state index in [-0.39, 0.29) is 11.8 Å². The maximum Gasteiger partial charge on any atom is 0.267 e. The number of hydrogen-bond donors (Lipinski definition) is 1. The fourth-order valence-corrected chi connectivity index (χ4v) is 3.30. The van der Waals surface area contributed by atoms with Gasteiger partial charge in [-0.3, -0.25) is 14.6 Å². The van der Waals surface area contributed by atoms with Gasteiger partial charge >= 0.3 is 0 Å². The summed E-state index contributed by atoms with van der Waals surface area (Å²) < 4.78 is 5.76. The summed E-state index contributed by atoms with van der Waals surface area (Å²) in [6.45, 7) is 2.28. The smallest absolute Gasteiger partial charge is 0.267 e. The van der Waals surface area contributed by atoms with Gasteiger partial charge in [-0.2, -0.15) is 0 Å². The zero-order chi connectivity index (χ0) is 20.2. The molecule has 0 bridgehead atoms. The van der Waals surface area contributed by atoms with E-state index in [1.54, 1.807) is 48.4 Å². The third-order valence-corrected chi connectivity index (χ3v) is 4.82. The van der Waals surface area contributed by atoms with Crippen LogP contribution in [0.4, 0.5) is 11.4 Å². The molecule has 2 heterocycles. The van der Waals surface area contributed by atoms with Crippen molar-refractivity contribution < 1.29 is 14.3 Å². The molecule has 146 valence electrons. The van der Waals surface area contributed by atoms with Gasteiger partial charge in [0.05, 0.1) is 11.3 Å². The van der Waals surface area contributed by atoms with E-state index in [0.29, 0.717) is 29.2 Å². The minimum Gasteiger partial charge on any atom is -0.479 e. The molecule has 1 atom stereocenters. The quantitative estimate of drug-likeness (QED) is 0.725. The molecule has 1 aliphatic heterocycles. The number of fused-ring (bicyclic) bond motifs is 1. The van der Waals surface area contributed by atoms with Gasteiger partial charge in [-0.15, -0.1) is 0 Å². The topological polar surface area (TPSA) is 71.5 Å². The van der Waals surface area contributed by atoms with Crippen LogP contribution in [-0.2, 0) is 11.2 Å². The molecule has 4 rings (SSSR count). The van der Waals surface area contributed by atoms with Crippen LogP contribution < -0.4 is 15.0 Å². The first-order valence-electron chi connectivity index (χ1n) is 9.49. The summed E-state index contributed by atoms with van der Waals surface area (Å²) in [7, 11) is 0. The van der Waals surface area contributed by atoms with E-state index < -0.39 is 6.10 Å². The Morgan fingerprint density at radius 2 is 1.97 bits per heavy atom. The Balaban J connectivity index is 1.57. The van der Waals surface area contributed by atoms with Crippen molar-refractivity contribution >= 4 is 23.2 Å². The number of nitrogens with zero attached hydrogens (tertiary/aromatic N) is 2. The van der Waals surface area contributed by atoms with Crippen LogP contribution in [0, 0.1) is 0 Å². The number of nitrogens with one attached hydrogen (secondary N) is 1. The molecule has 3 aromatic rings. The van der Waals surface area contributed by atoms with Crippen molar-refractivity contribution in [1.82, 2.24) is 4.98 Å². The van der Waals surface area contributed by atoms with E-state index in [0.717, 1.165) is 12.0 Å². The van der Waals surface area contributed by atoms with Crippen molar-refractivity contribution in [2.75, 3.05) is 16.8 Å². The SMILES string of the molecule is CC1Oc2ccc(NC(=O)c3cccnc3)cc2N(CCc2ccccc2)C1=O. The number of rotatable bonds is 5. The van der Waals surface area contributed by atoms with Gasteiger partial charge in [0, 0.05) is 24.6 Å². The average Bonchev–Trinajstić information content (AvgIpc) is 2.76. The lowest BCUT2D eigenvalue weighted by molar-refractivity contribution is -0.125. The van der Waals surface area contributed by atoms with Crippen molar-refractivity contribution in [1.29, 1.82) is 0 Å². The monoisotopic (exact) mass is 387 g/mol. The van der Waals surface area contributed by atoms with Crippen LogP contribution in [-0.4, -0.2) is 29.4 Å². The third-order valence-electron chi connectivity index (χ3n) is 4.82. The second kappa shape index (κ2) is 8.14. The third kappa shape index (κ3) is 4.11. The summed E-state index contributed by atoms with van der Waals surface area (Å²) in [6, 6.07) is 18.8. The first-order chi connectivity index (χ1) is 14.1. The van der Waals surface area contributed by atoms with Crippen LogP contribution in [0.1, 0.15) is 22.8 Å². The molecule has 1 aromatic heterocycles. The first kappa shape index (κ1) is 18.7. The van der Waals surface area contributed by atoms with Crippen LogP contribution in [0.25, 0.3) is 0 Å². The highest BCUT2D eigenvalue weighted by Gasteiger charge is 2.31. The van der Waals surface area contributed by atoms with Crippen LogP contribution in [0.15, 0.2) is 73.1 Å². The van der Waals surface area contributed by atoms with Crippen LogP contribution >= 0.6 is 0 Å². The van der Waals surface area contributed by atoms with Gasteiger partial charge in [-0.05, 0) is 49.2 Å². The minimum absolute atomic E-state index is 0.0934. The lowest BCUT2D eigenvalue weighted by Gasteiger charge is -2.33. The van der Waals surface area contributed by atoms with Gasteiger partial charge in [0.25, 0.3) is 11.8 Å². The molecule has 0 aliphatic carbocycles. The molecule has 0 fully saturated rings. The number of aromatic nitrogens is 1. The van der Waals surface area contributed by atoms with Crippen molar-refractivity contribution in [3.05, 3.63) is 84.2 Å². The summed E-state index contributed by atoms with van der Waals surface area (Å²) in [5.41, 5.74) is 2.87. The zero-order valence-corrected chi connectivity index (χ0v) is 16.0. The molecule has 0 saturated carbocycles. The molecule has 6 nitrogen and oxygen atoms in total. The van der Waals surface area contributed by atoms with E-state index in [9.17, 15) is 9.59 Å². The number of hydrogen-bond acceptors (Lipinski definition) is 4. The number of carbonyl (C=O) groups excluding carboxylic acids is 2. The largest absolute Gasteiger partial charge is 0.479 e. The Morgan fingerprint density at radius 3 is 2.72 bits per heavy atom. The highest BCUT2D eigenvalue weighted by Crippen LogP contribution is 2.36. The molecule has 1 aliphatic rings. The molecular weight excluding hydrogens is 366 g/mol. The average molecular weight is 387 g/mol. The lowest BCUT2D eigenvalue weighted by atomic mass is 10.1. The molecule has 0 radical (unpaired) electrons. The van der Waals surface area contributed by atoms with Crippen molar-refractivity contribution in [2.24, 2.45) is 0 Å². The second-order valence-electron chi connectivity index (χ2n) is 6.86. The normalized spacial score (nSPS) is 15.4. The van der Waals surface area contributed by atoms with E-state index in [1.807, 2.05) is 30.3 Å². The molecule has 0 spiro atoms. The number of pyridine rings is 1. The summed E-state index contributed by atoms with van der Waals surface area (Å²) in [6.07, 6.45) is 3.30. The summed E-state index contributed by atoms with van der Waals surface area (Å²) in [5, 5.41) is 2.86. The van der Waals surface area contributed by atoms with Crippen LogP contribution in [0.5, 0.6) is 5.75 Å². The second-order valence-corrected chi connectivity index (χ2v) is 6.86. The number of anilines is 2. The van der Waals surface area contributed by atoms with Gasteiger partial charge in [0.2, 0.25) is 0 Å². The Bertz CT molecular complexity index is 1020. The van der Waals surface area contributed by atoms with Gasteiger partial charge in [-0.25, -0.2) is 0 Å². The zero-order valence-electron chi connectivity index (χ0n) is 16.0. The number of amides is 2. The fraction of sp³-hybridized carbons (Fsp3) is 0.174. The Kier molecular flexibility index (Phi) is 5.24. The maximum absolute atomic E-state index is 12.8. The van der Waals surface area contributed by atoms with Gasteiger partial charge < -0.3 is 15.0 Å². The maximum atomic E-state index is 12.8. The number of ether oxygens (including phenoxy) is 1. The van der Waals surface area contributed by atoms with Crippen LogP contribution in [0.2, 0.25) is 0 Å². The number of benzene rings is 2. The minimum atomic E-state index is -0.547. The summed E-state index contributed by atoms with van der Waals surface area (Å²) in [4.78, 5) is 30.9. The molecule has 1 N–H and O–H groups in total. The predicted molar refractivity (Wildman–Crippen MR) is 111 cm³/mol. The molecule has 2 aromatic carbocycles. The number of carbonyl (C=O) groups is 2. The predicted octanol–water partition coefficient (Wildman–Crippen LogP) is 3.69. The first-order valence-corrected chi connectivity index (χ1v) is 9.49. The van der Waals surface area contributed by atoms with E-state index in [4.69, 9.17) is 4.74 Å². The van der Waals surface area contributed by atoms with E-state index >= 15 is 0 Å². The van der Waals surface area contributed by atoms with Crippen LogP contribution in [0.3, 0.4) is 0 Å². The Hall–Kier alpha value is -3.67. The van der Waals surface area contributed by atoms with Crippen molar-refractivity contribution in [3.8, 4) is 5.75 Å².